The van der Waals surface area contributed by atoms with Gasteiger partial charge in [-0.1, -0.05) is 30.3 Å². The highest BCUT2D eigenvalue weighted by molar-refractivity contribution is 7.08. The van der Waals surface area contributed by atoms with Crippen LogP contribution in [0.15, 0.2) is 47.7 Å². The summed E-state index contributed by atoms with van der Waals surface area (Å²) in [6.07, 6.45) is 2.37. The standard InChI is InChI=1S/C15H16N4OS/c1-11-9-14(17-15(20)13-7-8-16-21-13)18-19(11)10-12-5-3-2-4-6-12/h2-8,11H,9-10H2,1H3,(H,17,18,20). The van der Waals surface area contributed by atoms with Gasteiger partial charge < -0.3 is 5.32 Å². The molecule has 0 radical (unpaired) electrons. The summed E-state index contributed by atoms with van der Waals surface area (Å²) >= 11 is 1.19. The van der Waals surface area contributed by atoms with Crippen LogP contribution in [0.25, 0.3) is 0 Å². The number of hydrogen-bond donors (Lipinski definition) is 1. The summed E-state index contributed by atoms with van der Waals surface area (Å²) in [7, 11) is 0. The van der Waals surface area contributed by atoms with E-state index in [-0.39, 0.29) is 11.9 Å². The summed E-state index contributed by atoms with van der Waals surface area (Å²) in [5, 5.41) is 9.40. The van der Waals surface area contributed by atoms with Gasteiger partial charge in [-0.15, -0.1) is 0 Å². The second-order valence-corrected chi connectivity index (χ2v) is 5.85. The Balaban J connectivity index is 1.65. The predicted molar refractivity (Wildman–Crippen MR) is 83.1 cm³/mol. The zero-order valence-corrected chi connectivity index (χ0v) is 12.5. The van der Waals surface area contributed by atoms with Gasteiger partial charge in [-0.25, -0.2) is 4.37 Å². The van der Waals surface area contributed by atoms with Gasteiger partial charge in [0, 0.05) is 12.6 Å². The smallest absolute Gasteiger partial charge is 0.268 e. The average molecular weight is 300 g/mol. The Morgan fingerprint density at radius 1 is 1.38 bits per heavy atom. The molecule has 0 aliphatic carbocycles. The minimum Gasteiger partial charge on any atom is -0.308 e. The third-order valence-electron chi connectivity index (χ3n) is 3.35. The van der Waals surface area contributed by atoms with Crippen molar-refractivity contribution in [2.45, 2.75) is 25.9 Å². The van der Waals surface area contributed by atoms with E-state index in [2.05, 4.69) is 33.8 Å². The van der Waals surface area contributed by atoms with Crippen LogP contribution in [0.5, 0.6) is 0 Å². The van der Waals surface area contributed by atoms with Gasteiger partial charge in [0.15, 0.2) is 0 Å². The first-order valence-corrected chi connectivity index (χ1v) is 7.60. The van der Waals surface area contributed by atoms with Crippen molar-refractivity contribution in [1.82, 2.24) is 14.7 Å². The first-order chi connectivity index (χ1) is 10.2. The van der Waals surface area contributed by atoms with Crippen molar-refractivity contribution < 1.29 is 4.79 Å². The van der Waals surface area contributed by atoms with E-state index in [0.717, 1.165) is 18.8 Å². The van der Waals surface area contributed by atoms with Crippen LogP contribution < -0.4 is 5.32 Å². The molecule has 0 fully saturated rings. The van der Waals surface area contributed by atoms with Crippen molar-refractivity contribution in [3.63, 3.8) is 0 Å². The van der Waals surface area contributed by atoms with Crippen LogP contribution >= 0.6 is 11.5 Å². The molecule has 1 aromatic heterocycles. The molecule has 6 heteroatoms. The van der Waals surface area contributed by atoms with Crippen LogP contribution in [-0.2, 0) is 6.54 Å². The largest absolute Gasteiger partial charge is 0.308 e. The lowest BCUT2D eigenvalue weighted by Gasteiger charge is -2.19. The van der Waals surface area contributed by atoms with E-state index in [0.29, 0.717) is 4.88 Å². The fraction of sp³-hybridized carbons (Fsp3) is 0.267. The Hall–Kier alpha value is -2.21. The third kappa shape index (κ3) is 3.28. The number of hydrogen-bond acceptors (Lipinski definition) is 5. The Morgan fingerprint density at radius 3 is 2.90 bits per heavy atom. The second-order valence-electron chi connectivity index (χ2n) is 5.01. The molecule has 1 aliphatic rings. The Kier molecular flexibility index (Phi) is 3.96. The van der Waals surface area contributed by atoms with Crippen molar-refractivity contribution in [3.05, 3.63) is 53.0 Å². The van der Waals surface area contributed by atoms with Crippen molar-refractivity contribution in [2.75, 3.05) is 0 Å². The fourth-order valence-corrected chi connectivity index (χ4v) is 2.73. The highest BCUT2D eigenvalue weighted by atomic mass is 32.1. The Bertz CT molecular complexity index is 639. The summed E-state index contributed by atoms with van der Waals surface area (Å²) in [6.45, 7) is 2.86. The topological polar surface area (TPSA) is 57.6 Å². The lowest BCUT2D eigenvalue weighted by Crippen LogP contribution is -2.29. The van der Waals surface area contributed by atoms with E-state index >= 15 is 0 Å². The molecule has 2 aromatic rings. The molecule has 1 atom stereocenters. The SMILES string of the molecule is CC1CC(NC(=O)c2ccns2)=NN1Cc1ccccc1. The number of aromatic nitrogens is 1. The van der Waals surface area contributed by atoms with Crippen molar-refractivity contribution >= 4 is 23.3 Å². The van der Waals surface area contributed by atoms with Gasteiger partial charge in [-0.2, -0.15) is 5.10 Å². The number of carbonyl (C=O) groups excluding carboxylic acids is 1. The molecule has 0 spiro atoms. The maximum absolute atomic E-state index is 12.0. The van der Waals surface area contributed by atoms with Gasteiger partial charge in [0.25, 0.3) is 5.91 Å². The fourth-order valence-electron chi connectivity index (χ4n) is 2.24. The molecule has 108 valence electrons. The number of hydrazone groups is 1. The van der Waals surface area contributed by atoms with Crippen LogP contribution in [0.2, 0.25) is 0 Å². The normalized spacial score (nSPS) is 17.7. The minimum absolute atomic E-state index is 0.134. The van der Waals surface area contributed by atoms with Gasteiger partial charge in [-0.3, -0.25) is 9.80 Å². The summed E-state index contributed by atoms with van der Waals surface area (Å²) in [5.41, 5.74) is 1.21. The van der Waals surface area contributed by atoms with E-state index in [1.165, 1.54) is 17.1 Å². The van der Waals surface area contributed by atoms with Gasteiger partial charge in [0.1, 0.15) is 10.7 Å². The van der Waals surface area contributed by atoms with E-state index in [9.17, 15) is 4.79 Å². The molecule has 0 bridgehead atoms. The highest BCUT2D eigenvalue weighted by Gasteiger charge is 2.24. The number of amidine groups is 1. The lowest BCUT2D eigenvalue weighted by atomic mass is 10.2. The quantitative estimate of drug-likeness (QED) is 0.947. The van der Waals surface area contributed by atoms with Crippen LogP contribution in [0.4, 0.5) is 0 Å². The Morgan fingerprint density at radius 2 is 2.19 bits per heavy atom. The zero-order chi connectivity index (χ0) is 14.7. The van der Waals surface area contributed by atoms with Crippen LogP contribution in [-0.4, -0.2) is 27.2 Å². The minimum atomic E-state index is -0.134. The van der Waals surface area contributed by atoms with Gasteiger partial charge in [-0.05, 0) is 30.1 Å². The zero-order valence-electron chi connectivity index (χ0n) is 11.7. The number of benzene rings is 1. The molecule has 1 amide bonds. The molecule has 3 rings (SSSR count). The molecule has 1 unspecified atom stereocenters. The molecule has 0 saturated carbocycles. The van der Waals surface area contributed by atoms with E-state index in [4.69, 9.17) is 0 Å². The molecule has 5 nitrogen and oxygen atoms in total. The number of rotatable bonds is 3. The summed E-state index contributed by atoms with van der Waals surface area (Å²) in [6, 6.07) is 12.2. The molecule has 1 aromatic carbocycles. The van der Waals surface area contributed by atoms with E-state index in [1.54, 1.807) is 12.3 Å². The van der Waals surface area contributed by atoms with E-state index < -0.39 is 0 Å². The first kappa shape index (κ1) is 13.8. The van der Waals surface area contributed by atoms with Crippen molar-refractivity contribution in [2.24, 2.45) is 5.10 Å². The number of amides is 1. The number of nitrogens with one attached hydrogen (secondary N) is 1. The molecule has 1 aliphatic heterocycles. The number of carbonyl (C=O) groups is 1. The first-order valence-electron chi connectivity index (χ1n) is 6.82. The number of nitrogens with zero attached hydrogens (tertiary/aromatic N) is 3. The molecule has 1 N–H and O–H groups in total. The molecular formula is C15H16N4OS. The summed E-state index contributed by atoms with van der Waals surface area (Å²) in [4.78, 5) is 12.6. The lowest BCUT2D eigenvalue weighted by molar-refractivity contribution is 0.0980. The third-order valence-corrected chi connectivity index (χ3v) is 4.10. The van der Waals surface area contributed by atoms with Gasteiger partial charge in [0.05, 0.1) is 12.6 Å². The highest BCUT2D eigenvalue weighted by Crippen LogP contribution is 2.17. The van der Waals surface area contributed by atoms with Crippen LogP contribution in [0.1, 0.15) is 28.6 Å². The molecule has 2 heterocycles. The maximum Gasteiger partial charge on any atom is 0.268 e. The maximum atomic E-state index is 12.0. The van der Waals surface area contributed by atoms with Crippen molar-refractivity contribution in [3.8, 4) is 0 Å². The average Bonchev–Trinajstić information content (AvgIpc) is 3.11. The van der Waals surface area contributed by atoms with Gasteiger partial charge in [0.2, 0.25) is 0 Å². The Labute approximate surface area is 127 Å². The van der Waals surface area contributed by atoms with Gasteiger partial charge >= 0.3 is 0 Å². The summed E-state index contributed by atoms with van der Waals surface area (Å²) in [5.74, 6) is 0.585. The predicted octanol–water partition coefficient (Wildman–Crippen LogP) is 2.48. The molecule has 21 heavy (non-hydrogen) atoms. The monoisotopic (exact) mass is 300 g/mol. The van der Waals surface area contributed by atoms with Crippen molar-refractivity contribution in [1.29, 1.82) is 0 Å². The molecule has 0 saturated heterocycles. The molecular weight excluding hydrogens is 284 g/mol. The second kappa shape index (κ2) is 6.05. The van der Waals surface area contributed by atoms with Crippen LogP contribution in [0, 0.1) is 0 Å². The van der Waals surface area contributed by atoms with Crippen LogP contribution in [0.3, 0.4) is 0 Å². The van der Waals surface area contributed by atoms with E-state index in [1.807, 2.05) is 23.2 Å². The summed E-state index contributed by atoms with van der Waals surface area (Å²) < 4.78 is 3.93.